The van der Waals surface area contributed by atoms with Gasteiger partial charge in [-0.3, -0.25) is 9.59 Å². The van der Waals surface area contributed by atoms with E-state index in [-0.39, 0.29) is 35.1 Å². The van der Waals surface area contributed by atoms with Crippen LogP contribution < -0.4 is 0 Å². The highest BCUT2D eigenvalue weighted by Gasteiger charge is 2.53. The number of Topliss-reactive ketones (excluding diaryl/α,β-unsaturated/α-hetero) is 1. The smallest absolute Gasteiger partial charge is 0.331 e. The summed E-state index contributed by atoms with van der Waals surface area (Å²) in [5, 5.41) is 42.2. The Hall–Kier alpha value is -3.57. The van der Waals surface area contributed by atoms with Gasteiger partial charge in [-0.1, -0.05) is 35.9 Å². The minimum Gasteiger partial charge on any atom is -0.508 e. The van der Waals surface area contributed by atoms with E-state index in [0.29, 0.717) is 5.57 Å². The number of carbonyl (C=O) groups excluding carboxylic acids is 3. The largest absolute Gasteiger partial charge is 0.508 e. The summed E-state index contributed by atoms with van der Waals surface area (Å²) >= 11 is 0. The second-order valence-corrected chi connectivity index (χ2v) is 9.54. The lowest BCUT2D eigenvalue weighted by Crippen LogP contribution is -2.61. The minimum absolute atomic E-state index is 0.0164. The van der Waals surface area contributed by atoms with E-state index in [0.717, 1.165) is 11.6 Å². The van der Waals surface area contributed by atoms with Crippen LogP contribution in [0.15, 0.2) is 71.2 Å². The molecular formula is C28H30O10. The molecule has 38 heavy (non-hydrogen) atoms. The van der Waals surface area contributed by atoms with E-state index in [1.807, 2.05) is 6.07 Å². The number of aliphatic hydroxyl groups is 4. The molecule has 0 radical (unpaired) electrons. The summed E-state index contributed by atoms with van der Waals surface area (Å²) in [6, 6.07) is 8.93. The number of benzene rings is 1. The maximum absolute atomic E-state index is 13.0. The van der Waals surface area contributed by atoms with Gasteiger partial charge in [-0.2, -0.15) is 0 Å². The van der Waals surface area contributed by atoms with Crippen LogP contribution >= 0.6 is 0 Å². The Kier molecular flexibility index (Phi) is 8.27. The molecule has 10 nitrogen and oxygen atoms in total. The fourth-order valence-corrected chi connectivity index (χ4v) is 4.92. The number of rotatable bonds is 7. The summed E-state index contributed by atoms with van der Waals surface area (Å²) in [5.41, 5.74) is 1.20. The average molecular weight is 527 g/mol. The second-order valence-electron chi connectivity index (χ2n) is 9.54. The molecular weight excluding hydrogens is 496 g/mol. The van der Waals surface area contributed by atoms with Crippen LogP contribution in [-0.4, -0.2) is 81.2 Å². The van der Waals surface area contributed by atoms with Gasteiger partial charge in [0.1, 0.15) is 47.8 Å². The van der Waals surface area contributed by atoms with Crippen LogP contribution in [0.4, 0.5) is 0 Å². The van der Waals surface area contributed by atoms with E-state index in [1.54, 1.807) is 31.2 Å². The zero-order valence-corrected chi connectivity index (χ0v) is 20.9. The normalized spacial score (nSPS) is 31.3. The molecule has 2 unspecified atom stereocenters. The van der Waals surface area contributed by atoms with Crippen LogP contribution in [0, 0.1) is 5.92 Å². The highest BCUT2D eigenvalue weighted by molar-refractivity contribution is 5.97. The SMILES string of the molecule is CC(=O)CC1=CC(=O)C2C(C)=CC(O)=C([C@@H]3O[C@H](CO)[C@@H](O)[C@H](O)[C@H]3OC(=O)/C=C/c3ccccc3)C2O1. The quantitative estimate of drug-likeness (QED) is 0.301. The van der Waals surface area contributed by atoms with Crippen LogP contribution in [0.1, 0.15) is 25.8 Å². The van der Waals surface area contributed by atoms with Crippen molar-refractivity contribution >= 4 is 23.6 Å². The molecule has 10 heteroatoms. The van der Waals surface area contributed by atoms with Gasteiger partial charge < -0.3 is 34.6 Å². The van der Waals surface area contributed by atoms with Crippen molar-refractivity contribution in [3.63, 3.8) is 0 Å². The number of ether oxygens (including phenoxy) is 3. The first-order valence-electron chi connectivity index (χ1n) is 12.2. The van der Waals surface area contributed by atoms with E-state index in [4.69, 9.17) is 14.2 Å². The van der Waals surface area contributed by atoms with Crippen LogP contribution in [-0.2, 0) is 28.6 Å². The number of hydrogen-bond donors (Lipinski definition) is 4. The van der Waals surface area contributed by atoms with Crippen molar-refractivity contribution in [2.45, 2.75) is 56.9 Å². The van der Waals surface area contributed by atoms with Crippen molar-refractivity contribution in [3.05, 3.63) is 76.8 Å². The molecule has 1 aromatic rings. The number of allylic oxidation sites excluding steroid dienone is 3. The molecule has 1 saturated heterocycles. The summed E-state index contributed by atoms with van der Waals surface area (Å²) in [4.78, 5) is 37.4. The minimum atomic E-state index is -1.71. The molecule has 4 N–H and O–H groups in total. The zero-order valence-electron chi connectivity index (χ0n) is 20.9. The van der Waals surface area contributed by atoms with Gasteiger partial charge in [0, 0.05) is 17.7 Å². The predicted octanol–water partition coefficient (Wildman–Crippen LogP) is 1.31. The third-order valence-corrected chi connectivity index (χ3v) is 6.71. The lowest BCUT2D eigenvalue weighted by Gasteiger charge is -2.46. The molecule has 1 fully saturated rings. The molecule has 2 heterocycles. The van der Waals surface area contributed by atoms with Crippen molar-refractivity contribution in [1.29, 1.82) is 0 Å². The van der Waals surface area contributed by atoms with E-state index >= 15 is 0 Å². The average Bonchev–Trinajstić information content (AvgIpc) is 2.86. The van der Waals surface area contributed by atoms with E-state index in [1.165, 1.54) is 25.2 Å². The summed E-state index contributed by atoms with van der Waals surface area (Å²) in [6.07, 6.45) is -3.62. The summed E-state index contributed by atoms with van der Waals surface area (Å²) < 4.78 is 17.4. The molecule has 0 amide bonds. The first-order valence-corrected chi connectivity index (χ1v) is 12.2. The third-order valence-electron chi connectivity index (χ3n) is 6.71. The number of fused-ring (bicyclic) bond motifs is 1. The molecule has 4 rings (SSSR count). The Morgan fingerprint density at radius 2 is 1.79 bits per heavy atom. The zero-order chi connectivity index (χ0) is 27.6. The summed E-state index contributed by atoms with van der Waals surface area (Å²) in [7, 11) is 0. The molecule has 202 valence electrons. The Balaban J connectivity index is 1.69. The van der Waals surface area contributed by atoms with Crippen molar-refractivity contribution in [1.82, 2.24) is 0 Å². The highest BCUT2D eigenvalue weighted by Crippen LogP contribution is 2.42. The first-order chi connectivity index (χ1) is 18.1. The lowest BCUT2D eigenvalue weighted by atomic mass is 9.76. The summed E-state index contributed by atoms with van der Waals surface area (Å²) in [6.45, 7) is 2.29. The van der Waals surface area contributed by atoms with Gasteiger partial charge >= 0.3 is 5.97 Å². The van der Waals surface area contributed by atoms with Crippen molar-refractivity contribution in [2.75, 3.05) is 6.61 Å². The molecule has 0 bridgehead atoms. The van der Waals surface area contributed by atoms with Crippen molar-refractivity contribution in [2.24, 2.45) is 5.92 Å². The first kappa shape index (κ1) is 27.5. The highest BCUT2D eigenvalue weighted by atomic mass is 16.6. The number of aliphatic hydroxyl groups excluding tert-OH is 4. The fourth-order valence-electron chi connectivity index (χ4n) is 4.92. The Morgan fingerprint density at radius 1 is 1.08 bits per heavy atom. The van der Waals surface area contributed by atoms with Crippen LogP contribution in [0.5, 0.6) is 0 Å². The van der Waals surface area contributed by atoms with Crippen LogP contribution in [0.25, 0.3) is 6.08 Å². The standard InChI is InChI=1S/C28H30O10/c1-14-10-18(31)23(26-22(14)19(32)12-17(36-26)11-15(2)30)27-28(25(35)24(34)20(13-29)37-27)38-21(33)9-8-16-6-4-3-5-7-16/h3-10,12,20,22,24-29,31,34-35H,11,13H2,1-2H3/b9-8+/t20-,22?,24-,25+,26?,27+,28-/m1/s1. The molecule has 0 aromatic heterocycles. The topological polar surface area (TPSA) is 160 Å². The lowest BCUT2D eigenvalue weighted by molar-refractivity contribution is -0.231. The Labute approximate surface area is 219 Å². The van der Waals surface area contributed by atoms with Gasteiger partial charge in [0.05, 0.1) is 18.9 Å². The van der Waals surface area contributed by atoms with Gasteiger partial charge in [0.2, 0.25) is 0 Å². The molecule has 2 aliphatic heterocycles. The molecule has 7 atom stereocenters. The van der Waals surface area contributed by atoms with Crippen LogP contribution in [0.3, 0.4) is 0 Å². The summed E-state index contributed by atoms with van der Waals surface area (Å²) in [5.74, 6) is -2.58. The van der Waals surface area contributed by atoms with Gasteiger partial charge in [0.15, 0.2) is 11.9 Å². The molecule has 1 aliphatic carbocycles. The van der Waals surface area contributed by atoms with E-state index in [9.17, 15) is 34.8 Å². The molecule has 1 aromatic carbocycles. The second kappa shape index (κ2) is 11.4. The number of hydrogen-bond acceptors (Lipinski definition) is 10. The Morgan fingerprint density at radius 3 is 2.45 bits per heavy atom. The maximum Gasteiger partial charge on any atom is 0.331 e. The van der Waals surface area contributed by atoms with Gasteiger partial charge in [-0.25, -0.2) is 4.79 Å². The van der Waals surface area contributed by atoms with Gasteiger partial charge in [-0.15, -0.1) is 0 Å². The van der Waals surface area contributed by atoms with Crippen molar-refractivity contribution in [3.8, 4) is 0 Å². The molecule has 0 saturated carbocycles. The number of ketones is 2. The fraction of sp³-hybridized carbons (Fsp3) is 0.393. The molecule has 0 spiro atoms. The third kappa shape index (κ3) is 5.63. The number of esters is 1. The van der Waals surface area contributed by atoms with E-state index < -0.39 is 55.1 Å². The Bertz CT molecular complexity index is 1210. The van der Waals surface area contributed by atoms with Gasteiger partial charge in [0.25, 0.3) is 0 Å². The van der Waals surface area contributed by atoms with Crippen molar-refractivity contribution < 1.29 is 49.0 Å². The number of carbonyl (C=O) groups is 3. The monoisotopic (exact) mass is 526 g/mol. The molecule has 3 aliphatic rings. The van der Waals surface area contributed by atoms with Gasteiger partial charge in [-0.05, 0) is 31.6 Å². The van der Waals surface area contributed by atoms with Crippen LogP contribution in [0.2, 0.25) is 0 Å². The maximum atomic E-state index is 13.0. The predicted molar refractivity (Wildman–Crippen MR) is 133 cm³/mol. The van der Waals surface area contributed by atoms with E-state index in [2.05, 4.69) is 0 Å².